The number of hydrogen-bond donors (Lipinski definition) is 1. The Morgan fingerprint density at radius 1 is 1.25 bits per heavy atom. The summed E-state index contributed by atoms with van der Waals surface area (Å²) in [6, 6.07) is 8.37. The van der Waals surface area contributed by atoms with E-state index in [1.807, 2.05) is 19.1 Å². The van der Waals surface area contributed by atoms with Crippen molar-refractivity contribution in [2.45, 2.75) is 33.2 Å². The summed E-state index contributed by atoms with van der Waals surface area (Å²) in [6.45, 7) is 10.7. The predicted octanol–water partition coefficient (Wildman–Crippen LogP) is 2.62. The topological polar surface area (TPSA) is 50.8 Å². The van der Waals surface area contributed by atoms with E-state index in [9.17, 15) is 4.79 Å². The lowest BCUT2D eigenvalue weighted by Crippen LogP contribution is -2.43. The van der Waals surface area contributed by atoms with E-state index in [0.717, 1.165) is 32.1 Å². The number of nitrogens with zero attached hydrogens (tertiary/aromatic N) is 1. The number of benzene rings is 1. The molecule has 1 aromatic rings. The molecule has 2 rings (SSSR count). The highest BCUT2D eigenvalue weighted by Crippen LogP contribution is 2.24. The average Bonchev–Trinajstić information content (AvgIpc) is 2.57. The summed E-state index contributed by atoms with van der Waals surface area (Å²) >= 11 is 0. The lowest BCUT2D eigenvalue weighted by Gasteiger charge is -2.35. The molecule has 1 aliphatic rings. The Balaban J connectivity index is 2.05. The van der Waals surface area contributed by atoms with Crippen molar-refractivity contribution in [3.05, 3.63) is 29.8 Å². The van der Waals surface area contributed by atoms with Gasteiger partial charge in [-0.1, -0.05) is 26.0 Å². The number of nitrogens with one attached hydrogen (secondary N) is 1. The van der Waals surface area contributed by atoms with Crippen LogP contribution in [0.4, 0.5) is 0 Å². The minimum absolute atomic E-state index is 0.120. The smallest absolute Gasteiger partial charge is 0.220 e. The SMILES string of the molecule is CCOc1ccc(C(CNC(=O)CC(C)C)N2CCOCC2)cc1. The van der Waals surface area contributed by atoms with Crippen LogP contribution < -0.4 is 10.1 Å². The molecular formula is C19H30N2O3. The summed E-state index contributed by atoms with van der Waals surface area (Å²) in [4.78, 5) is 14.4. The lowest BCUT2D eigenvalue weighted by molar-refractivity contribution is -0.122. The first kappa shape index (κ1) is 18.7. The van der Waals surface area contributed by atoms with E-state index in [-0.39, 0.29) is 11.9 Å². The van der Waals surface area contributed by atoms with E-state index in [1.165, 1.54) is 5.56 Å². The van der Waals surface area contributed by atoms with Gasteiger partial charge in [-0.05, 0) is 30.5 Å². The van der Waals surface area contributed by atoms with Gasteiger partial charge < -0.3 is 14.8 Å². The first-order valence-corrected chi connectivity index (χ1v) is 8.91. The van der Waals surface area contributed by atoms with Crippen molar-refractivity contribution < 1.29 is 14.3 Å². The highest BCUT2D eigenvalue weighted by atomic mass is 16.5. The Bertz CT molecular complexity index is 496. The van der Waals surface area contributed by atoms with Gasteiger partial charge in [-0.3, -0.25) is 9.69 Å². The van der Waals surface area contributed by atoms with Crippen molar-refractivity contribution in [2.24, 2.45) is 5.92 Å². The van der Waals surface area contributed by atoms with Crippen LogP contribution in [0.2, 0.25) is 0 Å². The van der Waals surface area contributed by atoms with Gasteiger partial charge in [0.05, 0.1) is 25.9 Å². The minimum Gasteiger partial charge on any atom is -0.494 e. The Morgan fingerprint density at radius 2 is 1.92 bits per heavy atom. The van der Waals surface area contributed by atoms with Crippen LogP contribution >= 0.6 is 0 Å². The molecule has 1 aromatic carbocycles. The molecule has 0 spiro atoms. The fourth-order valence-electron chi connectivity index (χ4n) is 2.95. The Morgan fingerprint density at radius 3 is 2.50 bits per heavy atom. The maximum absolute atomic E-state index is 12.0. The maximum Gasteiger partial charge on any atom is 0.220 e. The van der Waals surface area contributed by atoms with Crippen molar-refractivity contribution in [1.29, 1.82) is 0 Å². The lowest BCUT2D eigenvalue weighted by atomic mass is 10.0. The van der Waals surface area contributed by atoms with Crippen LogP contribution in [0, 0.1) is 5.92 Å². The predicted molar refractivity (Wildman–Crippen MR) is 95.2 cm³/mol. The molecule has 0 aromatic heterocycles. The summed E-state index contributed by atoms with van der Waals surface area (Å²) in [5.74, 6) is 1.37. The molecular weight excluding hydrogens is 304 g/mol. The summed E-state index contributed by atoms with van der Waals surface area (Å²) in [6.07, 6.45) is 0.569. The molecule has 134 valence electrons. The standard InChI is InChI=1S/C19H30N2O3/c1-4-24-17-7-5-16(6-8-17)18(21-9-11-23-12-10-21)14-20-19(22)13-15(2)3/h5-8,15,18H,4,9-14H2,1-3H3,(H,20,22). The molecule has 1 heterocycles. The molecule has 0 radical (unpaired) electrons. The highest BCUT2D eigenvalue weighted by molar-refractivity contribution is 5.76. The average molecular weight is 334 g/mol. The van der Waals surface area contributed by atoms with E-state index in [0.29, 0.717) is 25.5 Å². The van der Waals surface area contributed by atoms with E-state index in [1.54, 1.807) is 0 Å². The van der Waals surface area contributed by atoms with Crippen molar-refractivity contribution in [2.75, 3.05) is 39.5 Å². The molecule has 24 heavy (non-hydrogen) atoms. The molecule has 0 saturated carbocycles. The fraction of sp³-hybridized carbons (Fsp3) is 0.632. The van der Waals surface area contributed by atoms with Gasteiger partial charge in [0.25, 0.3) is 0 Å². The quantitative estimate of drug-likeness (QED) is 0.794. The van der Waals surface area contributed by atoms with Gasteiger partial charge in [0, 0.05) is 26.1 Å². The van der Waals surface area contributed by atoms with Crippen molar-refractivity contribution >= 4 is 5.91 Å². The summed E-state index contributed by atoms with van der Waals surface area (Å²) < 4.78 is 11.0. The van der Waals surface area contributed by atoms with Gasteiger partial charge in [0.15, 0.2) is 0 Å². The van der Waals surface area contributed by atoms with Crippen molar-refractivity contribution in [3.8, 4) is 5.75 Å². The fourth-order valence-corrected chi connectivity index (χ4v) is 2.95. The minimum atomic E-state index is 0.120. The summed E-state index contributed by atoms with van der Waals surface area (Å²) in [7, 11) is 0. The summed E-state index contributed by atoms with van der Waals surface area (Å²) in [5, 5.41) is 3.10. The van der Waals surface area contributed by atoms with Crippen molar-refractivity contribution in [3.63, 3.8) is 0 Å². The monoisotopic (exact) mass is 334 g/mol. The molecule has 1 unspecified atom stereocenters. The number of hydrogen-bond acceptors (Lipinski definition) is 4. The highest BCUT2D eigenvalue weighted by Gasteiger charge is 2.23. The van der Waals surface area contributed by atoms with E-state index in [2.05, 4.69) is 36.2 Å². The third-order valence-electron chi connectivity index (χ3n) is 4.15. The number of ether oxygens (including phenoxy) is 2. The molecule has 0 bridgehead atoms. The molecule has 1 fully saturated rings. The molecule has 1 atom stereocenters. The molecule has 1 amide bonds. The second kappa shape index (κ2) is 9.64. The third kappa shape index (κ3) is 5.80. The number of morpholine rings is 1. The van der Waals surface area contributed by atoms with E-state index < -0.39 is 0 Å². The van der Waals surface area contributed by atoms with E-state index in [4.69, 9.17) is 9.47 Å². The molecule has 1 aliphatic heterocycles. The zero-order valence-corrected chi connectivity index (χ0v) is 15.1. The second-order valence-electron chi connectivity index (χ2n) is 6.57. The van der Waals surface area contributed by atoms with Crippen LogP contribution in [-0.4, -0.2) is 50.3 Å². The van der Waals surface area contributed by atoms with Crippen LogP contribution in [0.3, 0.4) is 0 Å². The zero-order chi connectivity index (χ0) is 17.4. The second-order valence-corrected chi connectivity index (χ2v) is 6.57. The molecule has 0 aliphatic carbocycles. The first-order valence-electron chi connectivity index (χ1n) is 8.91. The third-order valence-corrected chi connectivity index (χ3v) is 4.15. The summed E-state index contributed by atoms with van der Waals surface area (Å²) in [5.41, 5.74) is 1.20. The van der Waals surface area contributed by atoms with Crippen LogP contribution in [0.1, 0.15) is 38.8 Å². The van der Waals surface area contributed by atoms with Gasteiger partial charge in [-0.2, -0.15) is 0 Å². The van der Waals surface area contributed by atoms with Crippen LogP contribution in [0.25, 0.3) is 0 Å². The van der Waals surface area contributed by atoms with Gasteiger partial charge in [-0.15, -0.1) is 0 Å². The Hall–Kier alpha value is -1.59. The maximum atomic E-state index is 12.0. The zero-order valence-electron chi connectivity index (χ0n) is 15.1. The van der Waals surface area contributed by atoms with E-state index >= 15 is 0 Å². The van der Waals surface area contributed by atoms with Crippen LogP contribution in [0.5, 0.6) is 5.75 Å². The van der Waals surface area contributed by atoms with Crippen LogP contribution in [0.15, 0.2) is 24.3 Å². The van der Waals surface area contributed by atoms with Gasteiger partial charge >= 0.3 is 0 Å². The van der Waals surface area contributed by atoms with Gasteiger partial charge in [0.2, 0.25) is 5.91 Å². The van der Waals surface area contributed by atoms with Crippen LogP contribution in [-0.2, 0) is 9.53 Å². The number of amides is 1. The number of carbonyl (C=O) groups is 1. The Kier molecular flexibility index (Phi) is 7.53. The van der Waals surface area contributed by atoms with Crippen molar-refractivity contribution in [1.82, 2.24) is 10.2 Å². The molecule has 5 nitrogen and oxygen atoms in total. The number of rotatable bonds is 8. The molecule has 5 heteroatoms. The first-order chi connectivity index (χ1) is 11.6. The van der Waals surface area contributed by atoms with Gasteiger partial charge in [-0.25, -0.2) is 0 Å². The largest absolute Gasteiger partial charge is 0.494 e. The molecule has 1 N–H and O–H groups in total. The number of carbonyl (C=O) groups excluding carboxylic acids is 1. The molecule has 1 saturated heterocycles. The normalized spacial score (nSPS) is 16.8. The van der Waals surface area contributed by atoms with Gasteiger partial charge in [0.1, 0.15) is 5.75 Å². The Labute approximate surface area is 145 Å².